The van der Waals surface area contributed by atoms with Crippen molar-refractivity contribution < 1.29 is 14.6 Å². The molecule has 1 amide bonds. The monoisotopic (exact) mass is 283 g/mol. The molecule has 1 aromatic heterocycles. The molecule has 1 heterocycles. The van der Waals surface area contributed by atoms with Gasteiger partial charge in [0.15, 0.2) is 0 Å². The van der Waals surface area contributed by atoms with Gasteiger partial charge in [-0.15, -0.1) is 0 Å². The minimum atomic E-state index is -0.557. The highest BCUT2D eigenvalue weighted by Gasteiger charge is 2.22. The second kappa shape index (κ2) is 5.83. The van der Waals surface area contributed by atoms with E-state index in [0.717, 1.165) is 5.69 Å². The van der Waals surface area contributed by atoms with Gasteiger partial charge in [-0.25, -0.2) is 9.48 Å². The maximum Gasteiger partial charge on any atom is 0.413 e. The number of carbonyl (C=O) groups excluding carboxylic acids is 1. The second-order valence-corrected chi connectivity index (χ2v) is 6.74. The van der Waals surface area contributed by atoms with Crippen LogP contribution < -0.4 is 5.32 Å². The summed E-state index contributed by atoms with van der Waals surface area (Å²) in [6, 6.07) is 1.81. The fraction of sp³-hybridized carbons (Fsp3) is 0.714. The lowest BCUT2D eigenvalue weighted by Gasteiger charge is -2.19. The van der Waals surface area contributed by atoms with Crippen LogP contribution in [0.15, 0.2) is 6.07 Å². The van der Waals surface area contributed by atoms with Crippen LogP contribution in [0.5, 0.6) is 0 Å². The summed E-state index contributed by atoms with van der Waals surface area (Å²) >= 11 is 0. The molecule has 0 aromatic carbocycles. The van der Waals surface area contributed by atoms with Crippen LogP contribution in [-0.2, 0) is 16.7 Å². The third kappa shape index (κ3) is 4.85. The van der Waals surface area contributed by atoms with E-state index in [1.165, 1.54) is 0 Å². The highest BCUT2D eigenvalue weighted by molar-refractivity contribution is 5.83. The molecule has 114 valence electrons. The van der Waals surface area contributed by atoms with E-state index >= 15 is 0 Å². The van der Waals surface area contributed by atoms with E-state index < -0.39 is 11.7 Å². The highest BCUT2D eigenvalue weighted by atomic mass is 16.6. The Morgan fingerprint density at radius 3 is 2.40 bits per heavy atom. The van der Waals surface area contributed by atoms with Gasteiger partial charge in [-0.3, -0.25) is 5.32 Å². The average Bonchev–Trinajstić information content (AvgIpc) is 2.58. The van der Waals surface area contributed by atoms with Crippen molar-refractivity contribution in [3.8, 4) is 0 Å². The SMILES string of the molecule is CC(C)(C)OC(=O)Nc1cc(C(C)(C)C)nn1CCO. The van der Waals surface area contributed by atoms with Crippen molar-refractivity contribution >= 4 is 11.9 Å². The van der Waals surface area contributed by atoms with Crippen molar-refractivity contribution in [2.45, 2.75) is 59.1 Å². The lowest BCUT2D eigenvalue weighted by atomic mass is 9.92. The molecule has 2 N–H and O–H groups in total. The molecule has 0 aliphatic rings. The normalized spacial score (nSPS) is 12.3. The topological polar surface area (TPSA) is 76.4 Å². The zero-order valence-electron chi connectivity index (χ0n) is 13.1. The largest absolute Gasteiger partial charge is 0.444 e. The fourth-order valence-corrected chi connectivity index (χ4v) is 1.56. The lowest BCUT2D eigenvalue weighted by Crippen LogP contribution is -2.28. The first-order valence-corrected chi connectivity index (χ1v) is 6.72. The van der Waals surface area contributed by atoms with E-state index in [-0.39, 0.29) is 12.0 Å². The summed E-state index contributed by atoms with van der Waals surface area (Å²) in [6.07, 6.45) is -0.531. The number of aromatic nitrogens is 2. The van der Waals surface area contributed by atoms with Crippen LogP contribution in [0.25, 0.3) is 0 Å². The molecule has 1 aromatic rings. The molecule has 6 nitrogen and oxygen atoms in total. The number of nitrogens with zero attached hydrogens (tertiary/aromatic N) is 2. The first kappa shape index (κ1) is 16.5. The molecule has 0 unspecified atom stereocenters. The molecular weight excluding hydrogens is 258 g/mol. The molecule has 6 heteroatoms. The van der Waals surface area contributed by atoms with E-state index in [2.05, 4.69) is 10.4 Å². The van der Waals surface area contributed by atoms with E-state index in [0.29, 0.717) is 12.4 Å². The Hall–Kier alpha value is -1.56. The second-order valence-electron chi connectivity index (χ2n) is 6.74. The quantitative estimate of drug-likeness (QED) is 0.893. The van der Waals surface area contributed by atoms with Crippen LogP contribution in [0.4, 0.5) is 10.6 Å². The van der Waals surface area contributed by atoms with Crippen molar-refractivity contribution in [2.75, 3.05) is 11.9 Å². The zero-order chi connectivity index (χ0) is 15.6. The Morgan fingerprint density at radius 1 is 1.35 bits per heavy atom. The first-order chi connectivity index (χ1) is 9.03. The van der Waals surface area contributed by atoms with Gasteiger partial charge >= 0.3 is 6.09 Å². The maximum atomic E-state index is 11.8. The van der Waals surface area contributed by atoms with Gasteiger partial charge in [0.1, 0.15) is 11.4 Å². The number of aliphatic hydroxyl groups is 1. The predicted molar refractivity (Wildman–Crippen MR) is 77.9 cm³/mol. The molecule has 0 aliphatic carbocycles. The molecule has 0 bridgehead atoms. The summed E-state index contributed by atoms with van der Waals surface area (Å²) in [5, 5.41) is 16.2. The number of anilines is 1. The third-order valence-corrected chi connectivity index (χ3v) is 2.49. The van der Waals surface area contributed by atoms with Crippen LogP contribution in [0.1, 0.15) is 47.2 Å². The van der Waals surface area contributed by atoms with Gasteiger partial charge in [0, 0.05) is 11.5 Å². The Bertz CT molecular complexity index is 467. The molecule has 0 saturated carbocycles. The number of ether oxygens (including phenoxy) is 1. The molecule has 0 aliphatic heterocycles. The zero-order valence-corrected chi connectivity index (χ0v) is 13.1. The van der Waals surface area contributed by atoms with Crippen LogP contribution in [0.2, 0.25) is 0 Å². The number of carbonyl (C=O) groups is 1. The number of hydrogen-bond donors (Lipinski definition) is 2. The van der Waals surface area contributed by atoms with Gasteiger partial charge in [-0.1, -0.05) is 20.8 Å². The van der Waals surface area contributed by atoms with Crippen molar-refractivity contribution in [1.29, 1.82) is 0 Å². The summed E-state index contributed by atoms with van der Waals surface area (Å²) in [4.78, 5) is 11.8. The molecule has 0 fully saturated rings. The van der Waals surface area contributed by atoms with Gasteiger partial charge in [0.2, 0.25) is 0 Å². The van der Waals surface area contributed by atoms with Gasteiger partial charge in [-0.2, -0.15) is 5.10 Å². The van der Waals surface area contributed by atoms with E-state index in [1.54, 1.807) is 31.5 Å². The standard InChI is InChI=1S/C14H25N3O3/c1-13(2,3)10-9-11(17(16-10)7-8-18)15-12(19)20-14(4,5)6/h9,18H,7-8H2,1-6H3,(H,15,19). The third-order valence-electron chi connectivity index (χ3n) is 2.49. The molecule has 1 rings (SSSR count). The molecule has 0 radical (unpaired) electrons. The van der Waals surface area contributed by atoms with Gasteiger partial charge < -0.3 is 9.84 Å². The van der Waals surface area contributed by atoms with Crippen LogP contribution in [-0.4, -0.2) is 33.2 Å². The highest BCUT2D eigenvalue weighted by Crippen LogP contribution is 2.24. The Labute approximate surface area is 120 Å². The van der Waals surface area contributed by atoms with Crippen LogP contribution in [0.3, 0.4) is 0 Å². The molecule has 0 saturated heterocycles. The minimum absolute atomic E-state index is 0.0474. The van der Waals surface area contributed by atoms with E-state index in [4.69, 9.17) is 9.84 Å². The number of nitrogens with one attached hydrogen (secondary N) is 1. The van der Waals surface area contributed by atoms with Crippen molar-refractivity contribution in [3.63, 3.8) is 0 Å². The molecular formula is C14H25N3O3. The van der Waals surface area contributed by atoms with E-state index in [9.17, 15) is 4.79 Å². The fourth-order valence-electron chi connectivity index (χ4n) is 1.56. The molecule has 0 spiro atoms. The molecule has 0 atom stereocenters. The summed E-state index contributed by atoms with van der Waals surface area (Å²) in [5.74, 6) is 0.526. The van der Waals surface area contributed by atoms with Gasteiger partial charge in [0.05, 0.1) is 18.8 Å². The summed E-state index contributed by atoms with van der Waals surface area (Å²) in [6.45, 7) is 11.8. The van der Waals surface area contributed by atoms with Crippen LogP contribution >= 0.6 is 0 Å². The van der Waals surface area contributed by atoms with Crippen molar-refractivity contribution in [3.05, 3.63) is 11.8 Å². The smallest absolute Gasteiger partial charge is 0.413 e. The number of amides is 1. The Kier molecular flexibility index (Phi) is 4.81. The number of aliphatic hydroxyl groups excluding tert-OH is 1. The summed E-state index contributed by atoms with van der Waals surface area (Å²) in [5.41, 5.74) is 0.154. The maximum absolute atomic E-state index is 11.8. The Morgan fingerprint density at radius 2 is 1.95 bits per heavy atom. The Balaban J connectivity index is 2.93. The van der Waals surface area contributed by atoms with Crippen LogP contribution in [0, 0.1) is 0 Å². The summed E-state index contributed by atoms with van der Waals surface area (Å²) in [7, 11) is 0. The van der Waals surface area contributed by atoms with E-state index in [1.807, 2.05) is 20.8 Å². The predicted octanol–water partition coefficient (Wildman–Crippen LogP) is 2.52. The average molecular weight is 283 g/mol. The first-order valence-electron chi connectivity index (χ1n) is 6.72. The minimum Gasteiger partial charge on any atom is -0.444 e. The molecule has 20 heavy (non-hydrogen) atoms. The number of rotatable bonds is 3. The van der Waals surface area contributed by atoms with Crippen molar-refractivity contribution in [2.24, 2.45) is 0 Å². The number of hydrogen-bond acceptors (Lipinski definition) is 4. The van der Waals surface area contributed by atoms with Gasteiger partial charge in [-0.05, 0) is 20.8 Å². The van der Waals surface area contributed by atoms with Gasteiger partial charge in [0.25, 0.3) is 0 Å². The summed E-state index contributed by atoms with van der Waals surface area (Å²) < 4.78 is 6.79. The van der Waals surface area contributed by atoms with Crippen molar-refractivity contribution in [1.82, 2.24) is 9.78 Å². The lowest BCUT2D eigenvalue weighted by molar-refractivity contribution is 0.0634.